The van der Waals surface area contributed by atoms with Crippen LogP contribution in [0.15, 0.2) is 54.9 Å². The van der Waals surface area contributed by atoms with Crippen molar-refractivity contribution in [3.8, 4) is 5.75 Å². The molecule has 4 rings (SSSR count). The summed E-state index contributed by atoms with van der Waals surface area (Å²) < 4.78 is 5.59. The van der Waals surface area contributed by atoms with Gasteiger partial charge in [0, 0.05) is 29.6 Å². The van der Waals surface area contributed by atoms with E-state index in [9.17, 15) is 9.90 Å². The molecule has 1 saturated heterocycles. The van der Waals surface area contributed by atoms with Crippen LogP contribution in [0.2, 0.25) is 5.02 Å². The summed E-state index contributed by atoms with van der Waals surface area (Å²) in [7, 11) is 0. The number of tetrazole rings is 1. The molecule has 156 valence electrons. The lowest BCUT2D eigenvalue weighted by Gasteiger charge is -2.17. The Balaban J connectivity index is 1.29. The Labute approximate surface area is 179 Å². The van der Waals surface area contributed by atoms with Gasteiger partial charge in [0.05, 0.1) is 6.54 Å². The highest BCUT2D eigenvalue weighted by Crippen LogP contribution is 2.29. The van der Waals surface area contributed by atoms with Gasteiger partial charge in [-0.3, -0.25) is 4.79 Å². The molecule has 2 heterocycles. The molecule has 30 heavy (non-hydrogen) atoms. The van der Waals surface area contributed by atoms with E-state index in [1.807, 2.05) is 29.2 Å². The van der Waals surface area contributed by atoms with Crippen LogP contribution in [0, 0.1) is 0 Å². The van der Waals surface area contributed by atoms with Crippen LogP contribution >= 0.6 is 11.6 Å². The Kier molecular flexibility index (Phi) is 6.25. The maximum absolute atomic E-state index is 12.8. The predicted octanol–water partition coefficient (Wildman–Crippen LogP) is 2.40. The highest BCUT2D eigenvalue weighted by molar-refractivity contribution is 6.30. The van der Waals surface area contributed by atoms with Gasteiger partial charge < -0.3 is 14.7 Å². The Morgan fingerprint density at radius 2 is 1.97 bits per heavy atom. The number of likely N-dealkylation sites (tertiary alicyclic amines) is 1. The van der Waals surface area contributed by atoms with Crippen molar-refractivity contribution in [3.63, 3.8) is 0 Å². The van der Waals surface area contributed by atoms with E-state index in [0.717, 1.165) is 18.0 Å². The summed E-state index contributed by atoms with van der Waals surface area (Å²) in [4.78, 5) is 16.0. The summed E-state index contributed by atoms with van der Waals surface area (Å²) in [5.74, 6) is 0.919. The van der Waals surface area contributed by atoms with Gasteiger partial charge >= 0.3 is 0 Å². The van der Waals surface area contributed by atoms with E-state index in [-0.39, 0.29) is 19.1 Å². The zero-order valence-electron chi connectivity index (χ0n) is 16.3. The van der Waals surface area contributed by atoms with Crippen LogP contribution in [0.4, 0.5) is 0 Å². The number of aliphatic hydroxyl groups excluding tert-OH is 1. The number of halogens is 1. The minimum absolute atomic E-state index is 0.00954. The number of ether oxygens (including phenoxy) is 1. The molecular formula is C21H22ClN5O3. The summed E-state index contributed by atoms with van der Waals surface area (Å²) in [5.41, 5.74) is 1.82. The van der Waals surface area contributed by atoms with E-state index < -0.39 is 6.10 Å². The molecule has 0 radical (unpaired) electrons. The highest BCUT2D eigenvalue weighted by Gasteiger charge is 2.28. The fourth-order valence-electron chi connectivity index (χ4n) is 3.53. The van der Waals surface area contributed by atoms with E-state index in [4.69, 9.17) is 16.3 Å². The summed E-state index contributed by atoms with van der Waals surface area (Å²) in [6.07, 6.45) is 1.48. The molecule has 0 unspecified atom stereocenters. The Bertz CT molecular complexity index is 963. The van der Waals surface area contributed by atoms with Crippen LogP contribution in [0.5, 0.6) is 5.75 Å². The SMILES string of the molecule is O=C(c1ccc(OC[C@@H](O)Cn2ncnn2)cc1)N1CC[C@H](c2ccc(Cl)cc2)C1. The van der Waals surface area contributed by atoms with Crippen LogP contribution in [0.3, 0.4) is 0 Å². The molecule has 9 heteroatoms. The normalized spacial score (nSPS) is 17.1. The second-order valence-corrected chi connectivity index (χ2v) is 7.70. The molecule has 1 amide bonds. The second kappa shape index (κ2) is 9.23. The van der Waals surface area contributed by atoms with Gasteiger partial charge in [-0.25, -0.2) is 0 Å². The minimum Gasteiger partial charge on any atom is -0.491 e. The first-order valence-corrected chi connectivity index (χ1v) is 10.1. The van der Waals surface area contributed by atoms with Gasteiger partial charge in [-0.2, -0.15) is 4.80 Å². The second-order valence-electron chi connectivity index (χ2n) is 7.27. The highest BCUT2D eigenvalue weighted by atomic mass is 35.5. The Morgan fingerprint density at radius 1 is 1.20 bits per heavy atom. The van der Waals surface area contributed by atoms with Crippen molar-refractivity contribution in [1.29, 1.82) is 0 Å². The number of hydrogen-bond donors (Lipinski definition) is 1. The summed E-state index contributed by atoms with van der Waals surface area (Å²) in [6.45, 7) is 1.71. The van der Waals surface area contributed by atoms with E-state index in [2.05, 4.69) is 15.4 Å². The number of carbonyl (C=O) groups is 1. The topological polar surface area (TPSA) is 93.4 Å². The maximum Gasteiger partial charge on any atom is 0.253 e. The van der Waals surface area contributed by atoms with Crippen molar-refractivity contribution >= 4 is 17.5 Å². The fourth-order valence-corrected chi connectivity index (χ4v) is 3.66. The van der Waals surface area contributed by atoms with Gasteiger partial charge in [0.2, 0.25) is 0 Å². The number of hydrogen-bond acceptors (Lipinski definition) is 6. The van der Waals surface area contributed by atoms with Crippen LogP contribution in [0.25, 0.3) is 0 Å². The van der Waals surface area contributed by atoms with Gasteiger partial charge in [0.25, 0.3) is 5.91 Å². The third kappa shape index (κ3) is 4.95. The third-order valence-electron chi connectivity index (χ3n) is 5.13. The van der Waals surface area contributed by atoms with Gasteiger partial charge in [0.15, 0.2) is 6.33 Å². The third-order valence-corrected chi connectivity index (χ3v) is 5.38. The first kappa shape index (κ1) is 20.3. The lowest BCUT2D eigenvalue weighted by atomic mass is 9.99. The first-order chi connectivity index (χ1) is 14.6. The van der Waals surface area contributed by atoms with Crippen molar-refractivity contribution in [3.05, 3.63) is 71.0 Å². The standard InChI is InChI=1S/C21H22ClN5O3/c22-18-5-1-15(2-6-18)17-9-10-26(11-17)21(29)16-3-7-20(8-4-16)30-13-19(28)12-27-24-14-23-25-27/h1-8,14,17,19,28H,9-13H2/t17-,19-/m0/s1. The molecule has 2 aromatic carbocycles. The number of aliphatic hydroxyl groups is 1. The van der Waals surface area contributed by atoms with Gasteiger partial charge in [0.1, 0.15) is 18.5 Å². The number of benzene rings is 2. The molecule has 3 aromatic rings. The van der Waals surface area contributed by atoms with Crippen molar-refractivity contribution in [1.82, 2.24) is 25.1 Å². The zero-order chi connectivity index (χ0) is 20.9. The molecule has 8 nitrogen and oxygen atoms in total. The molecule has 0 saturated carbocycles. The maximum atomic E-state index is 12.8. The number of amides is 1. The molecule has 1 aliphatic rings. The number of carbonyl (C=O) groups excluding carboxylic acids is 1. The lowest BCUT2D eigenvalue weighted by Crippen LogP contribution is -2.28. The number of nitrogens with zero attached hydrogens (tertiary/aromatic N) is 5. The van der Waals surface area contributed by atoms with E-state index in [1.165, 1.54) is 16.7 Å². The molecule has 0 bridgehead atoms. The zero-order valence-corrected chi connectivity index (χ0v) is 17.0. The monoisotopic (exact) mass is 427 g/mol. The quantitative estimate of drug-likeness (QED) is 0.622. The van der Waals surface area contributed by atoms with Crippen LogP contribution in [-0.2, 0) is 6.54 Å². The lowest BCUT2D eigenvalue weighted by molar-refractivity contribution is 0.0788. The molecule has 0 spiro atoms. The fraction of sp³-hybridized carbons (Fsp3) is 0.333. The van der Waals surface area contributed by atoms with E-state index >= 15 is 0 Å². The van der Waals surface area contributed by atoms with Crippen molar-refractivity contribution in [2.45, 2.75) is 25.0 Å². The van der Waals surface area contributed by atoms with E-state index in [0.29, 0.717) is 23.8 Å². The van der Waals surface area contributed by atoms with Crippen LogP contribution in [-0.4, -0.2) is 61.9 Å². The van der Waals surface area contributed by atoms with Crippen molar-refractivity contribution < 1.29 is 14.6 Å². The molecule has 1 N–H and O–H groups in total. The summed E-state index contributed by atoms with van der Waals surface area (Å²) >= 11 is 5.96. The van der Waals surface area contributed by atoms with Crippen LogP contribution in [0.1, 0.15) is 28.3 Å². The average molecular weight is 428 g/mol. The summed E-state index contributed by atoms with van der Waals surface area (Å²) in [5, 5.41) is 21.8. The van der Waals surface area contributed by atoms with E-state index in [1.54, 1.807) is 24.3 Å². The molecule has 2 atom stereocenters. The molecule has 1 aliphatic heterocycles. The van der Waals surface area contributed by atoms with Crippen LogP contribution < -0.4 is 4.74 Å². The van der Waals surface area contributed by atoms with Crippen molar-refractivity contribution in [2.75, 3.05) is 19.7 Å². The molecule has 1 aromatic heterocycles. The minimum atomic E-state index is -0.769. The Hall–Kier alpha value is -2.97. The largest absolute Gasteiger partial charge is 0.491 e. The molecule has 0 aliphatic carbocycles. The Morgan fingerprint density at radius 3 is 2.67 bits per heavy atom. The summed E-state index contributed by atoms with van der Waals surface area (Å²) in [6, 6.07) is 14.8. The first-order valence-electron chi connectivity index (χ1n) is 9.75. The predicted molar refractivity (Wildman–Crippen MR) is 110 cm³/mol. The van der Waals surface area contributed by atoms with Gasteiger partial charge in [-0.05, 0) is 53.6 Å². The molecular weight excluding hydrogens is 406 g/mol. The molecule has 1 fully saturated rings. The van der Waals surface area contributed by atoms with Gasteiger partial charge in [-0.15, -0.1) is 10.2 Å². The van der Waals surface area contributed by atoms with Crippen molar-refractivity contribution in [2.24, 2.45) is 0 Å². The smallest absolute Gasteiger partial charge is 0.253 e. The number of aromatic nitrogens is 4. The average Bonchev–Trinajstić information content (AvgIpc) is 3.45. The van der Waals surface area contributed by atoms with Gasteiger partial charge in [-0.1, -0.05) is 23.7 Å². The number of rotatable bonds is 7.